The first-order chi connectivity index (χ1) is 16.9. The summed E-state index contributed by atoms with van der Waals surface area (Å²) in [5.41, 5.74) is 5.03. The van der Waals surface area contributed by atoms with Crippen LogP contribution in [0.2, 0.25) is 0 Å². The first-order valence-corrected chi connectivity index (χ1v) is 11.8. The van der Waals surface area contributed by atoms with E-state index in [4.69, 9.17) is 9.47 Å². The molecule has 0 bridgehead atoms. The molecule has 6 nitrogen and oxygen atoms in total. The Kier molecular flexibility index (Phi) is 11.0. The number of aliphatic hydroxyl groups is 1. The van der Waals surface area contributed by atoms with Gasteiger partial charge < -0.3 is 14.6 Å². The number of aliphatic hydroxyl groups excluding tert-OH is 1. The number of hydrogen-bond donors (Lipinski definition) is 1. The molecule has 1 unspecified atom stereocenters. The Morgan fingerprint density at radius 1 is 1.11 bits per heavy atom. The van der Waals surface area contributed by atoms with Crippen LogP contribution in [-0.2, 0) is 13.0 Å². The number of benzene rings is 3. The molecule has 3 aromatic carbocycles. The normalized spacial score (nSPS) is 15.7. The summed E-state index contributed by atoms with van der Waals surface area (Å²) in [6.45, 7) is 12.3. The second-order valence-electron chi connectivity index (χ2n) is 7.98. The molecule has 1 heterocycles. The van der Waals surface area contributed by atoms with Gasteiger partial charge in [-0.2, -0.15) is 0 Å². The zero-order chi connectivity index (χ0) is 25.8. The van der Waals surface area contributed by atoms with E-state index in [1.54, 1.807) is 18.2 Å². The molecule has 1 N–H and O–H groups in total. The number of ether oxygens (including phenoxy) is 2. The number of aryl methyl sites for hydroxylation is 2. The fourth-order valence-corrected chi connectivity index (χ4v) is 3.67. The topological polar surface area (TPSA) is 81.8 Å². The molecule has 0 amide bonds. The summed E-state index contributed by atoms with van der Waals surface area (Å²) < 4.78 is 11.2. The van der Waals surface area contributed by atoms with Gasteiger partial charge in [0.15, 0.2) is 12.7 Å². The molecule has 186 valence electrons. The number of hydrogen-bond acceptors (Lipinski definition) is 5. The lowest BCUT2D eigenvalue weighted by atomic mass is 9.96. The summed E-state index contributed by atoms with van der Waals surface area (Å²) in [7, 11) is 0. The van der Waals surface area contributed by atoms with E-state index in [0.717, 1.165) is 11.3 Å². The molecule has 0 spiro atoms. The zero-order valence-electron chi connectivity index (χ0n) is 20.9. The van der Waals surface area contributed by atoms with E-state index < -0.39 is 17.1 Å². The first kappa shape index (κ1) is 27.6. The van der Waals surface area contributed by atoms with Crippen molar-refractivity contribution in [3.63, 3.8) is 0 Å². The Morgan fingerprint density at radius 3 is 2.46 bits per heavy atom. The molecule has 0 radical (unpaired) electrons. The van der Waals surface area contributed by atoms with Crippen LogP contribution < -0.4 is 9.47 Å². The number of allylic oxidation sites excluding steroid dienone is 1. The summed E-state index contributed by atoms with van der Waals surface area (Å²) in [6.07, 6.45) is 1.22. The highest BCUT2D eigenvalue weighted by Crippen LogP contribution is 2.36. The molecule has 0 saturated carbocycles. The van der Waals surface area contributed by atoms with Gasteiger partial charge in [-0.05, 0) is 43.0 Å². The largest absolute Gasteiger partial charge is 0.489 e. The molecule has 6 heteroatoms. The summed E-state index contributed by atoms with van der Waals surface area (Å²) in [5.74, 6) is 1.52. The Morgan fingerprint density at radius 2 is 1.83 bits per heavy atom. The SMILES string of the molecule is C=CCc1cccc2c1OCC([N+](=O)[O-])[C@H]2O.CC.Cc1ccc(OCc2ccccc2)c(C)c1. The van der Waals surface area contributed by atoms with Crippen LogP contribution in [-0.4, -0.2) is 22.7 Å². The molecule has 1 aliphatic rings. The average Bonchev–Trinajstić information content (AvgIpc) is 2.86. The van der Waals surface area contributed by atoms with E-state index in [1.807, 2.05) is 44.2 Å². The Balaban J connectivity index is 0.000000231. The number of para-hydroxylation sites is 1. The van der Waals surface area contributed by atoms with Crippen molar-refractivity contribution in [3.8, 4) is 11.5 Å². The predicted octanol–water partition coefficient (Wildman–Crippen LogP) is 6.39. The third-order valence-electron chi connectivity index (χ3n) is 5.41. The summed E-state index contributed by atoms with van der Waals surface area (Å²) in [6, 6.07) is 20.6. The van der Waals surface area contributed by atoms with Crippen LogP contribution >= 0.6 is 0 Å². The highest BCUT2D eigenvalue weighted by atomic mass is 16.6. The molecule has 0 aliphatic carbocycles. The number of nitrogens with zero attached hydrogens (tertiary/aromatic N) is 1. The minimum atomic E-state index is -1.11. The van der Waals surface area contributed by atoms with Crippen molar-refractivity contribution in [1.29, 1.82) is 0 Å². The van der Waals surface area contributed by atoms with Gasteiger partial charge in [-0.15, -0.1) is 6.58 Å². The van der Waals surface area contributed by atoms with E-state index in [9.17, 15) is 15.2 Å². The molecule has 0 fully saturated rings. The Hall–Kier alpha value is -3.64. The number of nitro groups is 1. The predicted molar refractivity (Wildman–Crippen MR) is 140 cm³/mol. The lowest BCUT2D eigenvalue weighted by Crippen LogP contribution is -2.37. The van der Waals surface area contributed by atoms with Crippen molar-refractivity contribution in [3.05, 3.63) is 117 Å². The number of fused-ring (bicyclic) bond motifs is 1. The summed E-state index contributed by atoms with van der Waals surface area (Å²) in [4.78, 5) is 10.2. The van der Waals surface area contributed by atoms with E-state index in [-0.39, 0.29) is 6.61 Å². The van der Waals surface area contributed by atoms with Crippen LogP contribution in [0.3, 0.4) is 0 Å². The van der Waals surface area contributed by atoms with Gasteiger partial charge in [-0.25, -0.2) is 0 Å². The van der Waals surface area contributed by atoms with Gasteiger partial charge in [-0.3, -0.25) is 10.1 Å². The summed E-state index contributed by atoms with van der Waals surface area (Å²) in [5, 5.41) is 20.7. The molecule has 0 aromatic heterocycles. The molecular formula is C29H35NO5. The Labute approximate surface area is 208 Å². The molecule has 35 heavy (non-hydrogen) atoms. The highest BCUT2D eigenvalue weighted by molar-refractivity contribution is 5.45. The van der Waals surface area contributed by atoms with Gasteiger partial charge in [0, 0.05) is 10.5 Å². The smallest absolute Gasteiger partial charge is 0.276 e. The summed E-state index contributed by atoms with van der Waals surface area (Å²) >= 11 is 0. The van der Waals surface area contributed by atoms with Crippen LogP contribution in [0, 0.1) is 24.0 Å². The highest BCUT2D eigenvalue weighted by Gasteiger charge is 2.38. The van der Waals surface area contributed by atoms with Crippen LogP contribution in [0.25, 0.3) is 0 Å². The molecule has 1 aliphatic heterocycles. The molecule has 0 saturated heterocycles. The Bertz CT molecular complexity index is 1100. The number of rotatable bonds is 6. The monoisotopic (exact) mass is 477 g/mol. The van der Waals surface area contributed by atoms with Gasteiger partial charge in [0.1, 0.15) is 18.1 Å². The third kappa shape index (κ3) is 7.69. The third-order valence-corrected chi connectivity index (χ3v) is 5.41. The van der Waals surface area contributed by atoms with Crippen molar-refractivity contribution in [2.45, 2.75) is 52.9 Å². The van der Waals surface area contributed by atoms with Crippen LogP contribution in [0.1, 0.15) is 47.8 Å². The fraction of sp³-hybridized carbons (Fsp3) is 0.310. The molecule has 4 rings (SSSR count). The van der Waals surface area contributed by atoms with Crippen molar-refractivity contribution < 1.29 is 19.5 Å². The van der Waals surface area contributed by atoms with E-state index in [0.29, 0.717) is 24.3 Å². The van der Waals surface area contributed by atoms with Crippen molar-refractivity contribution in [2.75, 3.05) is 6.61 Å². The lowest BCUT2D eigenvalue weighted by molar-refractivity contribution is -0.539. The lowest BCUT2D eigenvalue weighted by Gasteiger charge is -2.26. The maximum atomic E-state index is 10.7. The van der Waals surface area contributed by atoms with Crippen molar-refractivity contribution >= 4 is 0 Å². The van der Waals surface area contributed by atoms with Crippen LogP contribution in [0.5, 0.6) is 11.5 Å². The minimum Gasteiger partial charge on any atom is -0.489 e. The van der Waals surface area contributed by atoms with Crippen LogP contribution in [0.15, 0.2) is 79.4 Å². The second kappa shape index (κ2) is 13.9. The second-order valence-corrected chi connectivity index (χ2v) is 7.98. The van der Waals surface area contributed by atoms with Gasteiger partial charge in [0.2, 0.25) is 0 Å². The molecular weight excluding hydrogens is 442 g/mol. The van der Waals surface area contributed by atoms with Gasteiger partial charge in [-0.1, -0.05) is 86.2 Å². The molecule has 3 aromatic rings. The maximum Gasteiger partial charge on any atom is 0.276 e. The van der Waals surface area contributed by atoms with Crippen LogP contribution in [0.4, 0.5) is 0 Å². The molecule has 2 atom stereocenters. The standard InChI is InChI=1S/C15H16O.C12H13NO4.C2H6/c1-12-8-9-15(13(2)10-12)16-11-14-6-4-3-5-7-14;1-2-4-8-5-3-6-9-11(14)10(13(15)16)7-17-12(8)9;1-2/h3-10H,11H2,1-2H3;2-3,5-6,10-11,14H,1,4,7H2;1-2H3/t;10?,11-;/m.0./s1. The minimum absolute atomic E-state index is 0.102. The average molecular weight is 478 g/mol. The van der Waals surface area contributed by atoms with Gasteiger partial charge in [0.05, 0.1) is 0 Å². The first-order valence-electron chi connectivity index (χ1n) is 11.8. The van der Waals surface area contributed by atoms with Gasteiger partial charge >= 0.3 is 0 Å². The quantitative estimate of drug-likeness (QED) is 0.253. The fourth-order valence-electron chi connectivity index (χ4n) is 3.67. The van der Waals surface area contributed by atoms with E-state index in [1.165, 1.54) is 16.7 Å². The van der Waals surface area contributed by atoms with E-state index in [2.05, 4.69) is 44.7 Å². The van der Waals surface area contributed by atoms with Gasteiger partial charge in [0.25, 0.3) is 6.04 Å². The maximum absolute atomic E-state index is 10.7. The van der Waals surface area contributed by atoms with Crippen molar-refractivity contribution in [1.82, 2.24) is 0 Å². The zero-order valence-corrected chi connectivity index (χ0v) is 20.9. The van der Waals surface area contributed by atoms with Crippen molar-refractivity contribution in [2.24, 2.45) is 0 Å². The van der Waals surface area contributed by atoms with E-state index >= 15 is 0 Å².